The van der Waals surface area contributed by atoms with E-state index in [1.54, 1.807) is 13.0 Å². The van der Waals surface area contributed by atoms with E-state index >= 15 is 0 Å². The number of hydrogen-bond acceptors (Lipinski definition) is 4. The summed E-state index contributed by atoms with van der Waals surface area (Å²) >= 11 is 5.70. The van der Waals surface area contributed by atoms with Gasteiger partial charge < -0.3 is 4.74 Å². The van der Waals surface area contributed by atoms with Crippen molar-refractivity contribution in [3.8, 4) is 0 Å². The second-order valence-electron chi connectivity index (χ2n) is 2.98. The summed E-state index contributed by atoms with van der Waals surface area (Å²) in [5, 5.41) is 0.0870. The zero-order valence-electron chi connectivity index (χ0n) is 8.79. The smallest absolute Gasteiger partial charge is 0.357 e. The summed E-state index contributed by atoms with van der Waals surface area (Å²) < 4.78 is 4.83. The Hall–Kier alpha value is -1.16. The predicted octanol–water partition coefficient (Wildman–Crippen LogP) is 2.26. The molecule has 1 aromatic rings. The van der Waals surface area contributed by atoms with Crippen LogP contribution in [0.5, 0.6) is 0 Å². The summed E-state index contributed by atoms with van der Waals surface area (Å²) in [7, 11) is 0. The minimum atomic E-state index is -0.459. The number of hydrogen-bond donors (Lipinski definition) is 0. The van der Waals surface area contributed by atoms with Gasteiger partial charge in [-0.3, -0.25) is 0 Å². The van der Waals surface area contributed by atoms with Crippen molar-refractivity contribution in [2.45, 2.75) is 26.7 Å². The van der Waals surface area contributed by atoms with Gasteiger partial charge in [-0.05, 0) is 31.0 Å². The monoisotopic (exact) mass is 228 g/mol. The molecule has 0 radical (unpaired) electrons. The number of aromatic nitrogens is 2. The van der Waals surface area contributed by atoms with Crippen molar-refractivity contribution in [2.24, 2.45) is 0 Å². The number of carbonyl (C=O) groups is 1. The third-order valence-corrected chi connectivity index (χ3v) is 1.91. The van der Waals surface area contributed by atoms with Crippen LogP contribution in [0.1, 0.15) is 36.5 Å². The number of ether oxygens (including phenoxy) is 1. The lowest BCUT2D eigenvalue weighted by Gasteiger charge is -2.03. The molecule has 0 spiro atoms. The Balaban J connectivity index is 2.92. The maximum absolute atomic E-state index is 11.4. The predicted molar refractivity (Wildman–Crippen MR) is 57.0 cm³/mol. The molecule has 0 atom stereocenters. The first-order valence-corrected chi connectivity index (χ1v) is 5.25. The number of halogens is 1. The highest BCUT2D eigenvalue weighted by atomic mass is 35.5. The highest BCUT2D eigenvalue weighted by molar-refractivity contribution is 6.28. The lowest BCUT2D eigenvalue weighted by Crippen LogP contribution is -2.09. The van der Waals surface area contributed by atoms with E-state index in [4.69, 9.17) is 16.3 Å². The van der Waals surface area contributed by atoms with Crippen LogP contribution in [-0.2, 0) is 11.2 Å². The van der Waals surface area contributed by atoms with Crippen molar-refractivity contribution in [3.63, 3.8) is 0 Å². The molecular weight excluding hydrogens is 216 g/mol. The van der Waals surface area contributed by atoms with Crippen LogP contribution in [0.2, 0.25) is 5.28 Å². The van der Waals surface area contributed by atoms with Gasteiger partial charge in [-0.1, -0.05) is 13.3 Å². The van der Waals surface area contributed by atoms with E-state index in [0.29, 0.717) is 6.61 Å². The molecule has 0 saturated carbocycles. The van der Waals surface area contributed by atoms with Crippen molar-refractivity contribution in [1.29, 1.82) is 0 Å². The summed E-state index contributed by atoms with van der Waals surface area (Å²) in [4.78, 5) is 19.2. The molecule has 0 aromatic carbocycles. The fraction of sp³-hybridized carbons (Fsp3) is 0.500. The zero-order chi connectivity index (χ0) is 11.3. The van der Waals surface area contributed by atoms with Crippen LogP contribution in [0.25, 0.3) is 0 Å². The van der Waals surface area contributed by atoms with Gasteiger partial charge in [0.2, 0.25) is 5.28 Å². The standard InChI is InChI=1S/C10H13ClN2O2/c1-3-5-7-6-8(9(14)15-4-2)13-10(11)12-7/h6H,3-5H2,1-2H3. The Morgan fingerprint density at radius 1 is 1.47 bits per heavy atom. The first kappa shape index (κ1) is 11.9. The lowest BCUT2D eigenvalue weighted by atomic mass is 10.2. The van der Waals surface area contributed by atoms with Crippen LogP contribution in [0.3, 0.4) is 0 Å². The molecule has 0 saturated heterocycles. The Labute approximate surface area is 93.6 Å². The molecule has 0 bridgehead atoms. The summed E-state index contributed by atoms with van der Waals surface area (Å²) in [6, 6.07) is 1.62. The summed E-state index contributed by atoms with van der Waals surface area (Å²) in [6.07, 6.45) is 1.71. The van der Waals surface area contributed by atoms with Crippen LogP contribution in [0.15, 0.2) is 6.07 Å². The van der Waals surface area contributed by atoms with Crippen LogP contribution < -0.4 is 0 Å². The molecule has 0 aliphatic heterocycles. The number of aryl methyl sites for hydroxylation is 1. The number of rotatable bonds is 4. The molecule has 0 amide bonds. The molecule has 82 valence electrons. The maximum Gasteiger partial charge on any atom is 0.357 e. The largest absolute Gasteiger partial charge is 0.461 e. The third-order valence-electron chi connectivity index (χ3n) is 1.74. The van der Waals surface area contributed by atoms with Gasteiger partial charge in [-0.15, -0.1) is 0 Å². The van der Waals surface area contributed by atoms with Gasteiger partial charge in [0.15, 0.2) is 5.69 Å². The topological polar surface area (TPSA) is 52.1 Å². The van der Waals surface area contributed by atoms with Crippen LogP contribution in [-0.4, -0.2) is 22.5 Å². The van der Waals surface area contributed by atoms with Crippen molar-refractivity contribution < 1.29 is 9.53 Å². The summed E-state index contributed by atoms with van der Waals surface area (Å²) in [5.74, 6) is -0.459. The van der Waals surface area contributed by atoms with E-state index in [9.17, 15) is 4.79 Å². The SMILES string of the molecule is CCCc1cc(C(=O)OCC)nc(Cl)n1. The third kappa shape index (κ3) is 3.47. The highest BCUT2D eigenvalue weighted by Gasteiger charge is 2.11. The fourth-order valence-corrected chi connectivity index (χ4v) is 1.36. The minimum absolute atomic E-state index is 0.0870. The van der Waals surface area contributed by atoms with E-state index < -0.39 is 5.97 Å². The molecule has 1 rings (SSSR count). The molecule has 0 aliphatic carbocycles. The Kier molecular flexibility index (Phi) is 4.49. The second-order valence-corrected chi connectivity index (χ2v) is 3.32. The van der Waals surface area contributed by atoms with Gasteiger partial charge in [0.25, 0.3) is 0 Å². The van der Waals surface area contributed by atoms with E-state index in [-0.39, 0.29) is 11.0 Å². The highest BCUT2D eigenvalue weighted by Crippen LogP contribution is 2.09. The Morgan fingerprint density at radius 2 is 2.20 bits per heavy atom. The minimum Gasteiger partial charge on any atom is -0.461 e. The van der Waals surface area contributed by atoms with Crippen molar-refractivity contribution in [1.82, 2.24) is 9.97 Å². The van der Waals surface area contributed by atoms with E-state index in [1.807, 2.05) is 6.92 Å². The molecule has 0 aliphatic rings. The van der Waals surface area contributed by atoms with E-state index in [1.165, 1.54) is 0 Å². The number of nitrogens with zero attached hydrogens (tertiary/aromatic N) is 2. The van der Waals surface area contributed by atoms with Crippen LogP contribution in [0.4, 0.5) is 0 Å². The van der Waals surface area contributed by atoms with Gasteiger partial charge in [0.05, 0.1) is 6.61 Å². The van der Waals surface area contributed by atoms with Crippen LogP contribution >= 0.6 is 11.6 Å². The first-order valence-electron chi connectivity index (χ1n) is 4.88. The molecule has 15 heavy (non-hydrogen) atoms. The molecule has 1 heterocycles. The number of carbonyl (C=O) groups excluding carboxylic acids is 1. The lowest BCUT2D eigenvalue weighted by molar-refractivity contribution is 0.0519. The second kappa shape index (κ2) is 5.66. The Morgan fingerprint density at radius 3 is 2.80 bits per heavy atom. The molecule has 4 nitrogen and oxygen atoms in total. The van der Waals surface area contributed by atoms with Crippen LogP contribution in [0, 0.1) is 0 Å². The molecule has 0 N–H and O–H groups in total. The molecule has 5 heteroatoms. The Bertz CT molecular complexity index is 355. The van der Waals surface area contributed by atoms with E-state index in [0.717, 1.165) is 18.5 Å². The molecule has 1 aromatic heterocycles. The van der Waals surface area contributed by atoms with Gasteiger partial charge in [-0.25, -0.2) is 14.8 Å². The maximum atomic E-state index is 11.4. The average Bonchev–Trinajstić information content (AvgIpc) is 2.17. The first-order chi connectivity index (χ1) is 7.17. The summed E-state index contributed by atoms with van der Waals surface area (Å²) in [5.41, 5.74) is 0.987. The average molecular weight is 229 g/mol. The van der Waals surface area contributed by atoms with Crippen molar-refractivity contribution in [3.05, 3.63) is 22.7 Å². The molecule has 0 unspecified atom stereocenters. The van der Waals surface area contributed by atoms with Gasteiger partial charge in [-0.2, -0.15) is 0 Å². The summed E-state index contributed by atoms with van der Waals surface area (Å²) in [6.45, 7) is 4.09. The van der Waals surface area contributed by atoms with Crippen molar-refractivity contribution >= 4 is 17.6 Å². The van der Waals surface area contributed by atoms with Gasteiger partial charge in [0.1, 0.15) is 0 Å². The quantitative estimate of drug-likeness (QED) is 0.586. The van der Waals surface area contributed by atoms with E-state index in [2.05, 4.69) is 9.97 Å². The number of esters is 1. The van der Waals surface area contributed by atoms with Gasteiger partial charge in [0, 0.05) is 5.69 Å². The molecule has 0 fully saturated rings. The van der Waals surface area contributed by atoms with Gasteiger partial charge >= 0.3 is 5.97 Å². The van der Waals surface area contributed by atoms with Crippen molar-refractivity contribution in [2.75, 3.05) is 6.61 Å². The molecular formula is C10H13ClN2O2. The zero-order valence-corrected chi connectivity index (χ0v) is 9.54. The normalized spacial score (nSPS) is 10.1. The fourth-order valence-electron chi connectivity index (χ4n) is 1.16.